The van der Waals surface area contributed by atoms with Gasteiger partial charge in [-0.05, 0) is 11.6 Å². The number of hydrogen-bond donors (Lipinski definition) is 4. The van der Waals surface area contributed by atoms with E-state index in [2.05, 4.69) is 10.3 Å². The highest BCUT2D eigenvalue weighted by Crippen LogP contribution is 2.44. The van der Waals surface area contributed by atoms with Crippen LogP contribution in [0.1, 0.15) is 29.0 Å². The van der Waals surface area contributed by atoms with E-state index in [0.717, 1.165) is 29.7 Å². The van der Waals surface area contributed by atoms with Gasteiger partial charge in [-0.2, -0.15) is 5.26 Å². The number of carbonyl (C=O) groups excluding carboxylic acids is 3. The zero-order valence-electron chi connectivity index (χ0n) is 20.7. The molecule has 1 atom stereocenters. The number of aromatic nitrogens is 1. The van der Waals surface area contributed by atoms with Crippen molar-refractivity contribution >= 4 is 69.1 Å². The Morgan fingerprint density at radius 3 is 2.27 bits per heavy atom. The van der Waals surface area contributed by atoms with Gasteiger partial charge in [-0.3, -0.25) is 19.8 Å². The molecule has 3 aromatic rings. The van der Waals surface area contributed by atoms with E-state index < -0.39 is 0 Å². The first-order valence-corrected chi connectivity index (χ1v) is 11.9. The van der Waals surface area contributed by atoms with Crippen molar-refractivity contribution in [3.05, 3.63) is 50.6 Å². The number of pyridine rings is 1. The van der Waals surface area contributed by atoms with Crippen molar-refractivity contribution in [3.8, 4) is 6.07 Å². The minimum absolute atomic E-state index is 0.00453. The van der Waals surface area contributed by atoms with Crippen LogP contribution in [0.4, 0.5) is 16.5 Å². The Balaban J connectivity index is 0.000000412. The van der Waals surface area contributed by atoms with Crippen LogP contribution in [0.15, 0.2) is 24.3 Å². The van der Waals surface area contributed by atoms with Gasteiger partial charge < -0.3 is 26.6 Å². The van der Waals surface area contributed by atoms with Crippen LogP contribution < -0.4 is 21.5 Å². The molecule has 1 aromatic carbocycles. The molecule has 194 valence electrons. The molecule has 1 unspecified atom stereocenters. The summed E-state index contributed by atoms with van der Waals surface area (Å²) < 4.78 is 0.102. The summed E-state index contributed by atoms with van der Waals surface area (Å²) in [5, 5.41) is 21.9. The summed E-state index contributed by atoms with van der Waals surface area (Å²) in [6.07, 6.45) is 1.68. The summed E-state index contributed by atoms with van der Waals surface area (Å²) in [6, 6.07) is 9.22. The number of amides is 3. The summed E-state index contributed by atoms with van der Waals surface area (Å²) in [6.45, 7) is 0. The molecule has 0 spiro atoms. The number of carbonyl (C=O) groups is 3. The molecule has 0 fully saturated rings. The summed E-state index contributed by atoms with van der Waals surface area (Å²) in [5.41, 5.74) is 14.2. The van der Waals surface area contributed by atoms with E-state index in [0.29, 0.717) is 26.5 Å². The van der Waals surface area contributed by atoms with Crippen molar-refractivity contribution in [2.75, 3.05) is 45.0 Å². The van der Waals surface area contributed by atoms with Crippen LogP contribution in [-0.4, -0.2) is 61.7 Å². The lowest BCUT2D eigenvalue weighted by molar-refractivity contribution is -0.117. The highest BCUT2D eigenvalue weighted by molar-refractivity contribution is 7.14. The Morgan fingerprint density at radius 2 is 1.76 bits per heavy atom. The number of anilines is 3. The maximum absolute atomic E-state index is 12.3. The van der Waals surface area contributed by atoms with E-state index in [4.69, 9.17) is 28.5 Å². The third kappa shape index (κ3) is 6.72. The molecule has 3 heterocycles. The zero-order valence-corrected chi connectivity index (χ0v) is 22.3. The van der Waals surface area contributed by atoms with Crippen LogP contribution >= 0.6 is 22.9 Å². The van der Waals surface area contributed by atoms with Gasteiger partial charge in [0.15, 0.2) is 0 Å². The second-order valence-electron chi connectivity index (χ2n) is 8.26. The molecule has 0 bridgehead atoms. The van der Waals surface area contributed by atoms with Crippen molar-refractivity contribution in [2.45, 2.75) is 12.3 Å². The van der Waals surface area contributed by atoms with Gasteiger partial charge in [-0.1, -0.05) is 41.1 Å². The van der Waals surface area contributed by atoms with Crippen molar-refractivity contribution in [1.82, 2.24) is 14.8 Å². The fourth-order valence-electron chi connectivity index (χ4n) is 3.39. The maximum Gasteiger partial charge on any atom is 0.225 e. The average molecular weight is 543 g/mol. The Morgan fingerprint density at radius 1 is 1.19 bits per heavy atom. The van der Waals surface area contributed by atoms with Gasteiger partial charge in [0, 0.05) is 51.1 Å². The fraction of sp³-hybridized carbons (Fsp3) is 0.250. The van der Waals surface area contributed by atoms with Crippen LogP contribution in [0.25, 0.3) is 10.9 Å². The first kappa shape index (κ1) is 29.0. The number of fused-ring (bicyclic) bond motifs is 3. The van der Waals surface area contributed by atoms with E-state index >= 15 is 0 Å². The minimum atomic E-state index is -0.360. The van der Waals surface area contributed by atoms with Crippen LogP contribution in [0.5, 0.6) is 0 Å². The van der Waals surface area contributed by atoms with Crippen molar-refractivity contribution in [1.29, 1.82) is 10.7 Å². The molecule has 6 N–H and O–H groups in total. The number of nitrogen functional groups attached to an aromatic ring is 2. The second-order valence-corrected chi connectivity index (χ2v) is 9.69. The molecule has 2 aromatic heterocycles. The average Bonchev–Trinajstić information content (AvgIpc) is 2.84. The summed E-state index contributed by atoms with van der Waals surface area (Å²) in [4.78, 5) is 38.4. The number of hydrogen-bond acceptors (Lipinski definition) is 9. The normalized spacial score (nSPS) is 13.4. The number of nitrogens with two attached hydrogens (primary N) is 2. The monoisotopic (exact) mass is 542 g/mol. The molecule has 37 heavy (non-hydrogen) atoms. The smallest absolute Gasteiger partial charge is 0.225 e. The highest BCUT2D eigenvalue weighted by atomic mass is 35.5. The Labute approximate surface area is 222 Å². The molecule has 13 heteroatoms. The van der Waals surface area contributed by atoms with Crippen molar-refractivity contribution in [2.24, 2.45) is 0 Å². The summed E-state index contributed by atoms with van der Waals surface area (Å²) in [5.74, 6) is -0.534. The fourth-order valence-corrected chi connectivity index (χ4v) is 4.68. The molecule has 4 rings (SSSR count). The Hall–Kier alpha value is -4.21. The van der Waals surface area contributed by atoms with Gasteiger partial charge in [0.1, 0.15) is 27.1 Å². The molecule has 0 saturated carbocycles. The highest BCUT2D eigenvalue weighted by Gasteiger charge is 2.32. The van der Waals surface area contributed by atoms with E-state index in [-0.39, 0.29) is 40.0 Å². The SMILES string of the molecule is CN(C)C=O.CN(C)C=O.N#Cc1c(N)nc2c3c(sc(=N)c2c1N)NC(=O)CC3c1ccccc1Cl. The molecule has 0 saturated heterocycles. The maximum atomic E-state index is 12.3. The minimum Gasteiger partial charge on any atom is -0.397 e. The summed E-state index contributed by atoms with van der Waals surface area (Å²) in [7, 11) is 6.75. The predicted molar refractivity (Wildman–Crippen MR) is 145 cm³/mol. The van der Waals surface area contributed by atoms with E-state index in [9.17, 15) is 19.6 Å². The number of nitrogens with one attached hydrogen (secondary N) is 2. The predicted octanol–water partition coefficient (Wildman–Crippen LogP) is 2.35. The van der Waals surface area contributed by atoms with Gasteiger partial charge >= 0.3 is 0 Å². The number of nitriles is 1. The molecule has 0 aliphatic carbocycles. The lowest BCUT2D eigenvalue weighted by atomic mass is 9.86. The first-order chi connectivity index (χ1) is 17.5. The third-order valence-corrected chi connectivity index (χ3v) is 6.28. The van der Waals surface area contributed by atoms with Crippen LogP contribution in [0.3, 0.4) is 0 Å². The molecular weight excluding hydrogens is 516 g/mol. The Kier molecular flexibility index (Phi) is 9.93. The molecule has 1 aliphatic heterocycles. The van der Waals surface area contributed by atoms with Crippen molar-refractivity contribution < 1.29 is 14.4 Å². The molecule has 0 radical (unpaired) electrons. The lowest BCUT2D eigenvalue weighted by Crippen LogP contribution is -2.25. The van der Waals surface area contributed by atoms with E-state index in [1.54, 1.807) is 34.3 Å². The van der Waals surface area contributed by atoms with Gasteiger partial charge in [0.05, 0.1) is 16.6 Å². The zero-order chi connectivity index (χ0) is 27.9. The first-order valence-electron chi connectivity index (χ1n) is 10.7. The van der Waals surface area contributed by atoms with Crippen LogP contribution in [0.2, 0.25) is 5.02 Å². The molecule has 1 aliphatic rings. The quantitative estimate of drug-likeness (QED) is 0.366. The lowest BCUT2D eigenvalue weighted by Gasteiger charge is -2.27. The van der Waals surface area contributed by atoms with Gasteiger partial charge in [0.2, 0.25) is 18.7 Å². The second kappa shape index (κ2) is 12.7. The summed E-state index contributed by atoms with van der Waals surface area (Å²) >= 11 is 7.46. The van der Waals surface area contributed by atoms with Gasteiger partial charge in [0.25, 0.3) is 0 Å². The van der Waals surface area contributed by atoms with E-state index in [1.165, 1.54) is 9.80 Å². The molecule has 11 nitrogen and oxygen atoms in total. The Bertz CT molecular complexity index is 1420. The van der Waals surface area contributed by atoms with Gasteiger partial charge in [-0.15, -0.1) is 0 Å². The largest absolute Gasteiger partial charge is 0.397 e. The number of rotatable bonds is 3. The molecule has 3 amide bonds. The van der Waals surface area contributed by atoms with Gasteiger partial charge in [-0.25, -0.2) is 4.98 Å². The standard InChI is InChI=1S/C18H13ClN6OS.2C3H7NO/c19-10-4-2-1-3-7(10)8-5-11(26)24-18-12(8)15-13(17(23)27-18)14(21)9(6-20)16(22)25-15;2*1-4(2)3-5/h1-4,8,23H,5H2,(H,24,26)(H4,21,22,25);2*3H,1-2H3. The topological polar surface area (TPSA) is 182 Å². The van der Waals surface area contributed by atoms with Crippen LogP contribution in [0, 0.1) is 16.7 Å². The van der Waals surface area contributed by atoms with E-state index in [1.807, 2.05) is 24.3 Å². The number of benzene rings is 1. The third-order valence-electron chi connectivity index (χ3n) is 5.00. The molecular formula is C24H27ClN8O3S. The van der Waals surface area contributed by atoms with Crippen molar-refractivity contribution in [3.63, 3.8) is 0 Å². The number of halogens is 1. The van der Waals surface area contributed by atoms with Crippen LogP contribution in [-0.2, 0) is 14.4 Å². The number of nitrogens with zero attached hydrogens (tertiary/aromatic N) is 4.